The minimum Gasteiger partial charge on any atom is -0.375 e. The molecule has 0 aliphatic carbocycles. The third-order valence-electron chi connectivity index (χ3n) is 2.54. The number of aromatic nitrogens is 2. The molecule has 5 nitrogen and oxygen atoms in total. The predicted octanol–water partition coefficient (Wildman–Crippen LogP) is 1.30. The van der Waals surface area contributed by atoms with Gasteiger partial charge in [0.25, 0.3) is 0 Å². The summed E-state index contributed by atoms with van der Waals surface area (Å²) in [6.07, 6.45) is 3.63. The molecule has 1 atom stereocenters. The molecule has 0 radical (unpaired) electrons. The summed E-state index contributed by atoms with van der Waals surface area (Å²) in [7, 11) is 1.50. The smallest absolute Gasteiger partial charge is 0.246 e. The lowest BCUT2D eigenvalue weighted by Gasteiger charge is -2.17. The number of hydrogen-bond donors (Lipinski definition) is 1. The number of hydrogen-bond acceptors (Lipinski definition) is 4. The van der Waals surface area contributed by atoms with Crippen molar-refractivity contribution >= 4 is 17.2 Å². The highest BCUT2D eigenvalue weighted by atomic mass is 32.1. The van der Waals surface area contributed by atoms with Crippen molar-refractivity contribution in [3.63, 3.8) is 0 Å². The number of thiophene rings is 1. The van der Waals surface area contributed by atoms with Gasteiger partial charge in [0, 0.05) is 26.0 Å². The van der Waals surface area contributed by atoms with Crippen LogP contribution in [0.1, 0.15) is 11.6 Å². The van der Waals surface area contributed by atoms with Crippen LogP contribution in [-0.4, -0.2) is 35.9 Å². The molecule has 0 aromatic carbocycles. The maximum atomic E-state index is 11.4. The second kappa shape index (κ2) is 6.32. The van der Waals surface area contributed by atoms with Gasteiger partial charge in [-0.3, -0.25) is 9.48 Å². The molecule has 2 aromatic rings. The number of nitrogens with zero attached hydrogens (tertiary/aromatic N) is 2. The first-order valence-corrected chi connectivity index (χ1v) is 6.52. The zero-order valence-corrected chi connectivity index (χ0v) is 10.9. The van der Waals surface area contributed by atoms with Crippen molar-refractivity contribution in [2.75, 3.05) is 20.3 Å². The van der Waals surface area contributed by atoms with Crippen LogP contribution in [0, 0.1) is 0 Å². The van der Waals surface area contributed by atoms with E-state index in [9.17, 15) is 4.79 Å². The molecule has 0 fully saturated rings. The lowest BCUT2D eigenvalue weighted by Crippen LogP contribution is -2.33. The largest absolute Gasteiger partial charge is 0.375 e. The van der Waals surface area contributed by atoms with Crippen LogP contribution in [0.4, 0.5) is 0 Å². The summed E-state index contributed by atoms with van der Waals surface area (Å²) in [6, 6.07) is 3.93. The van der Waals surface area contributed by atoms with Crippen LogP contribution < -0.4 is 5.32 Å². The van der Waals surface area contributed by atoms with Crippen molar-refractivity contribution in [2.24, 2.45) is 0 Å². The molecule has 0 aliphatic heterocycles. The van der Waals surface area contributed by atoms with E-state index in [1.807, 2.05) is 28.4 Å². The Hall–Kier alpha value is -1.66. The summed E-state index contributed by atoms with van der Waals surface area (Å²) in [4.78, 5) is 11.4. The summed E-state index contributed by atoms with van der Waals surface area (Å²) in [6.45, 7) is 0.579. The van der Waals surface area contributed by atoms with Crippen LogP contribution in [0.2, 0.25) is 0 Å². The number of methoxy groups -OCH3 is 1. The van der Waals surface area contributed by atoms with E-state index >= 15 is 0 Å². The van der Waals surface area contributed by atoms with Crippen molar-refractivity contribution in [1.29, 1.82) is 0 Å². The number of rotatable bonds is 6. The molecule has 2 aromatic heterocycles. The average Bonchev–Trinajstić information content (AvgIpc) is 3.02. The minimum absolute atomic E-state index is 0.0204. The monoisotopic (exact) mass is 265 g/mol. The molecular weight excluding hydrogens is 250 g/mol. The van der Waals surface area contributed by atoms with E-state index in [1.165, 1.54) is 7.11 Å². The molecular formula is C12H15N3O2S. The normalized spacial score (nSPS) is 12.3. The quantitative estimate of drug-likeness (QED) is 0.856. The van der Waals surface area contributed by atoms with Crippen LogP contribution in [0.15, 0.2) is 35.3 Å². The fourth-order valence-corrected chi connectivity index (χ4v) is 2.39. The van der Waals surface area contributed by atoms with E-state index in [1.54, 1.807) is 17.5 Å². The van der Waals surface area contributed by atoms with Gasteiger partial charge in [0.2, 0.25) is 5.91 Å². The summed E-state index contributed by atoms with van der Waals surface area (Å²) in [5.74, 6) is -0.120. The van der Waals surface area contributed by atoms with Gasteiger partial charge in [0.05, 0.1) is 6.04 Å². The zero-order chi connectivity index (χ0) is 12.8. The molecule has 6 heteroatoms. The van der Waals surface area contributed by atoms with Crippen molar-refractivity contribution in [1.82, 2.24) is 15.1 Å². The van der Waals surface area contributed by atoms with Crippen molar-refractivity contribution in [3.8, 4) is 0 Å². The van der Waals surface area contributed by atoms with Crippen molar-refractivity contribution in [2.45, 2.75) is 6.04 Å². The number of nitrogens with one attached hydrogen (secondary N) is 1. The van der Waals surface area contributed by atoms with Crippen LogP contribution >= 0.6 is 11.3 Å². The third-order valence-corrected chi connectivity index (χ3v) is 3.24. The van der Waals surface area contributed by atoms with Crippen LogP contribution in [0.3, 0.4) is 0 Å². The Morgan fingerprint density at radius 1 is 1.67 bits per heavy atom. The van der Waals surface area contributed by atoms with E-state index in [2.05, 4.69) is 15.8 Å². The summed E-state index contributed by atoms with van der Waals surface area (Å²) in [5, 5.41) is 11.2. The van der Waals surface area contributed by atoms with Gasteiger partial charge in [-0.1, -0.05) is 0 Å². The molecule has 0 saturated heterocycles. The number of carbonyl (C=O) groups excluding carboxylic acids is 1. The van der Waals surface area contributed by atoms with E-state index in [4.69, 9.17) is 4.74 Å². The Balaban J connectivity index is 2.05. The maximum Gasteiger partial charge on any atom is 0.246 e. The summed E-state index contributed by atoms with van der Waals surface area (Å²) >= 11 is 1.63. The lowest BCUT2D eigenvalue weighted by atomic mass is 10.1. The predicted molar refractivity (Wildman–Crippen MR) is 69.6 cm³/mol. The highest BCUT2D eigenvalue weighted by Gasteiger charge is 2.15. The Morgan fingerprint density at radius 2 is 2.56 bits per heavy atom. The third kappa shape index (κ3) is 3.18. The first kappa shape index (κ1) is 12.8. The summed E-state index contributed by atoms with van der Waals surface area (Å²) < 4.78 is 6.63. The molecule has 0 aliphatic rings. The Kier molecular flexibility index (Phi) is 4.49. The van der Waals surface area contributed by atoms with Gasteiger partial charge in [-0.25, -0.2) is 0 Å². The molecule has 18 heavy (non-hydrogen) atoms. The fourth-order valence-electron chi connectivity index (χ4n) is 1.69. The molecule has 0 saturated carbocycles. The number of amides is 1. The van der Waals surface area contributed by atoms with E-state index in [0.717, 1.165) is 5.56 Å². The minimum atomic E-state index is -0.120. The molecule has 0 bridgehead atoms. The standard InChI is InChI=1S/C12H15N3O2S/c1-17-8-12(16)13-7-11(10-3-6-18-9-10)15-5-2-4-14-15/h2-6,9,11H,7-8H2,1H3,(H,13,16). The topological polar surface area (TPSA) is 56.1 Å². The Labute approximate surface area is 109 Å². The van der Waals surface area contributed by atoms with Crippen LogP contribution in [-0.2, 0) is 9.53 Å². The van der Waals surface area contributed by atoms with Gasteiger partial charge in [0.1, 0.15) is 6.61 Å². The van der Waals surface area contributed by atoms with Gasteiger partial charge < -0.3 is 10.1 Å². The van der Waals surface area contributed by atoms with Crippen LogP contribution in [0.5, 0.6) is 0 Å². The molecule has 1 unspecified atom stereocenters. The van der Waals surface area contributed by atoms with Crippen molar-refractivity contribution in [3.05, 3.63) is 40.8 Å². The maximum absolute atomic E-state index is 11.4. The first-order valence-electron chi connectivity index (χ1n) is 5.58. The fraction of sp³-hybridized carbons (Fsp3) is 0.333. The van der Waals surface area contributed by atoms with E-state index < -0.39 is 0 Å². The molecule has 2 rings (SSSR count). The second-order valence-corrected chi connectivity index (χ2v) is 4.58. The Morgan fingerprint density at radius 3 is 3.17 bits per heavy atom. The van der Waals surface area contributed by atoms with Gasteiger partial charge in [0.15, 0.2) is 0 Å². The van der Waals surface area contributed by atoms with Gasteiger partial charge in [-0.05, 0) is 28.5 Å². The van der Waals surface area contributed by atoms with Gasteiger partial charge in [-0.2, -0.15) is 16.4 Å². The SMILES string of the molecule is COCC(=O)NCC(c1ccsc1)n1cccn1. The molecule has 0 spiro atoms. The molecule has 2 heterocycles. The molecule has 1 N–H and O–H groups in total. The number of carbonyl (C=O) groups is 1. The molecule has 1 amide bonds. The van der Waals surface area contributed by atoms with E-state index in [0.29, 0.717) is 6.54 Å². The van der Waals surface area contributed by atoms with Gasteiger partial charge in [-0.15, -0.1) is 0 Å². The second-order valence-electron chi connectivity index (χ2n) is 3.80. The zero-order valence-electron chi connectivity index (χ0n) is 10.1. The van der Waals surface area contributed by atoms with Gasteiger partial charge >= 0.3 is 0 Å². The lowest BCUT2D eigenvalue weighted by molar-refractivity contribution is -0.124. The number of ether oxygens (including phenoxy) is 1. The highest BCUT2D eigenvalue weighted by molar-refractivity contribution is 7.07. The highest BCUT2D eigenvalue weighted by Crippen LogP contribution is 2.19. The average molecular weight is 265 g/mol. The molecule has 96 valence electrons. The summed E-state index contributed by atoms with van der Waals surface area (Å²) in [5.41, 5.74) is 1.14. The first-order chi connectivity index (χ1) is 8.81. The van der Waals surface area contributed by atoms with Crippen LogP contribution in [0.25, 0.3) is 0 Å². The Bertz CT molecular complexity index is 433. The van der Waals surface area contributed by atoms with Crippen molar-refractivity contribution < 1.29 is 9.53 Å². The van der Waals surface area contributed by atoms with E-state index in [-0.39, 0.29) is 18.6 Å².